The number of halogens is 1. The topological polar surface area (TPSA) is 75.3 Å². The first-order valence-corrected chi connectivity index (χ1v) is 7.79. The van der Waals surface area contributed by atoms with E-state index >= 15 is 0 Å². The number of nitrogens with one attached hydrogen (secondary N) is 2. The van der Waals surface area contributed by atoms with E-state index in [0.29, 0.717) is 6.54 Å². The van der Waals surface area contributed by atoms with Gasteiger partial charge in [0.15, 0.2) is 0 Å². The molecule has 0 unspecified atom stereocenters. The molecule has 19 heavy (non-hydrogen) atoms. The van der Waals surface area contributed by atoms with Crippen molar-refractivity contribution in [3.05, 3.63) is 28.8 Å². The Morgan fingerprint density at radius 2 is 2.05 bits per heavy atom. The molecule has 0 bridgehead atoms. The molecule has 0 fully saturated rings. The van der Waals surface area contributed by atoms with Gasteiger partial charge in [-0.1, -0.05) is 24.9 Å². The summed E-state index contributed by atoms with van der Waals surface area (Å²) in [5.41, 5.74) is 0.161. The molecule has 0 aliphatic heterocycles. The summed E-state index contributed by atoms with van der Waals surface area (Å²) in [5.74, 6) is -0.369. The van der Waals surface area contributed by atoms with E-state index in [1.807, 2.05) is 6.92 Å². The predicted octanol–water partition coefficient (Wildman–Crippen LogP) is 1.78. The fourth-order valence-electron chi connectivity index (χ4n) is 1.44. The van der Waals surface area contributed by atoms with Crippen LogP contribution in [0.1, 0.15) is 30.1 Å². The Morgan fingerprint density at radius 1 is 1.37 bits per heavy atom. The van der Waals surface area contributed by atoms with E-state index in [9.17, 15) is 13.2 Å². The van der Waals surface area contributed by atoms with Crippen LogP contribution in [0.25, 0.3) is 0 Å². The molecule has 0 atom stereocenters. The minimum absolute atomic E-state index is 0.0139. The van der Waals surface area contributed by atoms with Gasteiger partial charge in [0.25, 0.3) is 5.91 Å². The SMILES string of the molecule is CCCCNC(=O)c1cc(S(=O)(=O)NC)ccc1Cl. The van der Waals surface area contributed by atoms with Gasteiger partial charge in [0.1, 0.15) is 0 Å². The van der Waals surface area contributed by atoms with Crippen molar-refractivity contribution in [2.75, 3.05) is 13.6 Å². The summed E-state index contributed by atoms with van der Waals surface area (Å²) in [5, 5.41) is 2.92. The molecule has 0 spiro atoms. The molecular formula is C12H17ClN2O3S. The van der Waals surface area contributed by atoms with Crippen LogP contribution in [-0.4, -0.2) is 27.9 Å². The lowest BCUT2D eigenvalue weighted by atomic mass is 10.2. The first kappa shape index (κ1) is 15.9. The van der Waals surface area contributed by atoms with E-state index in [0.717, 1.165) is 12.8 Å². The van der Waals surface area contributed by atoms with Crippen LogP contribution in [0.3, 0.4) is 0 Å². The third-order valence-corrected chi connectivity index (χ3v) is 4.32. The zero-order valence-electron chi connectivity index (χ0n) is 10.9. The quantitative estimate of drug-likeness (QED) is 0.787. The van der Waals surface area contributed by atoms with E-state index in [1.54, 1.807) is 0 Å². The molecule has 1 aromatic rings. The normalized spacial score (nSPS) is 11.3. The van der Waals surface area contributed by atoms with Crippen LogP contribution < -0.4 is 10.0 Å². The Hall–Kier alpha value is -1.11. The number of amides is 1. The summed E-state index contributed by atoms with van der Waals surface area (Å²) in [6, 6.07) is 4.03. The molecule has 2 N–H and O–H groups in total. The number of unbranched alkanes of at least 4 members (excludes halogenated alkanes) is 1. The molecular weight excluding hydrogens is 288 g/mol. The standard InChI is InChI=1S/C12H17ClN2O3S/c1-3-4-7-15-12(16)10-8-9(5-6-11(10)13)19(17,18)14-2/h5-6,8,14H,3-4,7H2,1-2H3,(H,15,16). The maximum Gasteiger partial charge on any atom is 0.252 e. The molecule has 0 saturated carbocycles. The van der Waals surface area contributed by atoms with Crippen molar-refractivity contribution in [1.82, 2.24) is 10.0 Å². The predicted molar refractivity (Wildman–Crippen MR) is 74.9 cm³/mol. The molecule has 0 heterocycles. The Labute approximate surface area is 118 Å². The number of rotatable bonds is 6. The van der Waals surface area contributed by atoms with Crippen LogP contribution in [0.15, 0.2) is 23.1 Å². The van der Waals surface area contributed by atoms with Gasteiger partial charge in [-0.05, 0) is 31.7 Å². The molecule has 0 saturated heterocycles. The van der Waals surface area contributed by atoms with Gasteiger partial charge >= 0.3 is 0 Å². The number of carbonyl (C=O) groups is 1. The van der Waals surface area contributed by atoms with E-state index in [1.165, 1.54) is 25.2 Å². The van der Waals surface area contributed by atoms with E-state index in [-0.39, 0.29) is 21.4 Å². The fourth-order valence-corrected chi connectivity index (χ4v) is 2.40. The summed E-state index contributed by atoms with van der Waals surface area (Å²) in [6.07, 6.45) is 1.82. The molecule has 0 aromatic heterocycles. The van der Waals surface area contributed by atoms with Gasteiger partial charge in [0.05, 0.1) is 15.5 Å². The zero-order chi connectivity index (χ0) is 14.5. The smallest absolute Gasteiger partial charge is 0.252 e. The lowest BCUT2D eigenvalue weighted by Crippen LogP contribution is -2.25. The molecule has 5 nitrogen and oxygen atoms in total. The molecule has 0 aliphatic carbocycles. The molecule has 106 valence electrons. The average Bonchev–Trinajstić information content (AvgIpc) is 2.39. The average molecular weight is 305 g/mol. The number of hydrogen-bond donors (Lipinski definition) is 2. The molecule has 0 aliphatic rings. The van der Waals surface area contributed by atoms with Crippen LogP contribution in [0, 0.1) is 0 Å². The highest BCUT2D eigenvalue weighted by molar-refractivity contribution is 7.89. The monoisotopic (exact) mass is 304 g/mol. The van der Waals surface area contributed by atoms with Gasteiger partial charge in [-0.25, -0.2) is 13.1 Å². The minimum atomic E-state index is -3.58. The second-order valence-electron chi connectivity index (χ2n) is 3.96. The van der Waals surface area contributed by atoms with Crippen LogP contribution in [-0.2, 0) is 10.0 Å². The third kappa shape index (κ3) is 4.19. The van der Waals surface area contributed by atoms with E-state index in [4.69, 9.17) is 11.6 Å². The van der Waals surface area contributed by atoms with Crippen molar-refractivity contribution in [2.45, 2.75) is 24.7 Å². The van der Waals surface area contributed by atoms with Crippen LogP contribution in [0.5, 0.6) is 0 Å². The molecule has 0 radical (unpaired) electrons. The number of hydrogen-bond acceptors (Lipinski definition) is 3. The van der Waals surface area contributed by atoms with Crippen molar-refractivity contribution in [1.29, 1.82) is 0 Å². The summed E-state index contributed by atoms with van der Waals surface area (Å²) in [4.78, 5) is 11.9. The second-order valence-corrected chi connectivity index (χ2v) is 6.25. The lowest BCUT2D eigenvalue weighted by molar-refractivity contribution is 0.0953. The summed E-state index contributed by atoms with van der Waals surface area (Å²) in [7, 11) is -2.27. The fraction of sp³-hybridized carbons (Fsp3) is 0.417. The van der Waals surface area contributed by atoms with Crippen molar-refractivity contribution < 1.29 is 13.2 Å². The molecule has 1 rings (SSSR count). The van der Waals surface area contributed by atoms with E-state index < -0.39 is 10.0 Å². The lowest BCUT2D eigenvalue weighted by Gasteiger charge is -2.08. The second kappa shape index (κ2) is 6.88. The van der Waals surface area contributed by atoms with Crippen LogP contribution in [0.4, 0.5) is 0 Å². The van der Waals surface area contributed by atoms with Crippen molar-refractivity contribution >= 4 is 27.5 Å². The summed E-state index contributed by atoms with van der Waals surface area (Å²) >= 11 is 5.92. The Kier molecular flexibility index (Phi) is 5.78. The highest BCUT2D eigenvalue weighted by Crippen LogP contribution is 2.20. The number of carbonyl (C=O) groups excluding carboxylic acids is 1. The van der Waals surface area contributed by atoms with Crippen molar-refractivity contribution in [2.24, 2.45) is 0 Å². The Bertz CT molecular complexity index is 558. The number of benzene rings is 1. The van der Waals surface area contributed by atoms with Crippen molar-refractivity contribution in [3.8, 4) is 0 Å². The van der Waals surface area contributed by atoms with Gasteiger partial charge in [0.2, 0.25) is 10.0 Å². The highest BCUT2D eigenvalue weighted by Gasteiger charge is 2.16. The summed E-state index contributed by atoms with van der Waals surface area (Å²) < 4.78 is 25.5. The number of sulfonamides is 1. The molecule has 1 aromatic carbocycles. The molecule has 1 amide bonds. The van der Waals surface area contributed by atoms with Crippen LogP contribution in [0.2, 0.25) is 5.02 Å². The largest absolute Gasteiger partial charge is 0.352 e. The van der Waals surface area contributed by atoms with Gasteiger partial charge < -0.3 is 5.32 Å². The first-order valence-electron chi connectivity index (χ1n) is 5.93. The van der Waals surface area contributed by atoms with Gasteiger partial charge in [0, 0.05) is 6.54 Å². The van der Waals surface area contributed by atoms with E-state index in [2.05, 4.69) is 10.0 Å². The third-order valence-electron chi connectivity index (χ3n) is 2.58. The van der Waals surface area contributed by atoms with Gasteiger partial charge in [-0.2, -0.15) is 0 Å². The first-order chi connectivity index (χ1) is 8.92. The van der Waals surface area contributed by atoms with Gasteiger partial charge in [-0.3, -0.25) is 4.79 Å². The van der Waals surface area contributed by atoms with Crippen LogP contribution >= 0.6 is 11.6 Å². The minimum Gasteiger partial charge on any atom is -0.352 e. The highest BCUT2D eigenvalue weighted by atomic mass is 35.5. The van der Waals surface area contributed by atoms with Gasteiger partial charge in [-0.15, -0.1) is 0 Å². The Morgan fingerprint density at radius 3 is 2.63 bits per heavy atom. The Balaban J connectivity index is 3.01. The molecule has 7 heteroatoms. The summed E-state index contributed by atoms with van der Waals surface area (Å²) in [6.45, 7) is 2.55. The maximum absolute atomic E-state index is 11.9. The maximum atomic E-state index is 11.9. The van der Waals surface area contributed by atoms with Crippen molar-refractivity contribution in [3.63, 3.8) is 0 Å². The zero-order valence-corrected chi connectivity index (χ0v) is 12.4.